The number of piperidine rings is 2. The second-order valence-electron chi connectivity index (χ2n) is 10.5. The molecular weight excluding hydrogens is 456 g/mol. The smallest absolute Gasteiger partial charge is 0.335 e. The van der Waals surface area contributed by atoms with Crippen LogP contribution in [0, 0.1) is 25.7 Å². The molecule has 2 amide bonds. The Labute approximate surface area is 211 Å². The first-order valence-corrected chi connectivity index (χ1v) is 12.8. The van der Waals surface area contributed by atoms with E-state index in [1.54, 1.807) is 12.1 Å². The van der Waals surface area contributed by atoms with Gasteiger partial charge in [0.2, 0.25) is 0 Å². The Morgan fingerprint density at radius 1 is 1.03 bits per heavy atom. The minimum Gasteiger partial charge on any atom is -0.478 e. The van der Waals surface area contributed by atoms with Crippen molar-refractivity contribution < 1.29 is 19.5 Å². The highest BCUT2D eigenvalue weighted by molar-refractivity contribution is 6.35. The maximum absolute atomic E-state index is 13.5. The van der Waals surface area contributed by atoms with Gasteiger partial charge < -0.3 is 25.2 Å². The highest BCUT2D eigenvalue weighted by Gasteiger charge is 2.32. The van der Waals surface area contributed by atoms with Crippen LogP contribution < -0.4 is 5.32 Å². The van der Waals surface area contributed by atoms with E-state index in [4.69, 9.17) is 0 Å². The third-order valence-electron chi connectivity index (χ3n) is 8.28. The van der Waals surface area contributed by atoms with Crippen molar-refractivity contribution in [3.63, 3.8) is 0 Å². The number of carboxylic acid groups (broad SMARTS) is 1. The Bertz CT molecular complexity index is 1240. The summed E-state index contributed by atoms with van der Waals surface area (Å²) >= 11 is 0. The predicted molar refractivity (Wildman–Crippen MR) is 139 cm³/mol. The number of aromatic carboxylic acids is 1. The third-order valence-corrected chi connectivity index (χ3v) is 8.28. The molecule has 3 aliphatic rings. The first-order valence-electron chi connectivity index (χ1n) is 12.8. The summed E-state index contributed by atoms with van der Waals surface area (Å²) in [6.45, 7) is 7.69. The molecule has 5 rings (SSSR count). The number of H-pyrrole nitrogens is 1. The van der Waals surface area contributed by atoms with Gasteiger partial charge in [-0.15, -0.1) is 0 Å². The summed E-state index contributed by atoms with van der Waals surface area (Å²) in [4.78, 5) is 45.3. The van der Waals surface area contributed by atoms with Gasteiger partial charge in [-0.3, -0.25) is 9.59 Å². The van der Waals surface area contributed by atoms with Crippen LogP contribution in [0.25, 0.3) is 11.6 Å². The number of amides is 2. The molecule has 8 nitrogen and oxygen atoms in total. The molecule has 0 unspecified atom stereocenters. The molecule has 3 N–H and O–H groups in total. The van der Waals surface area contributed by atoms with Gasteiger partial charge >= 0.3 is 5.97 Å². The normalized spacial score (nSPS) is 20.6. The molecule has 1 aromatic heterocycles. The second-order valence-corrected chi connectivity index (χ2v) is 10.5. The minimum atomic E-state index is -1.05. The number of carbonyl (C=O) groups is 3. The number of anilines is 1. The van der Waals surface area contributed by atoms with Gasteiger partial charge in [-0.1, -0.05) is 0 Å². The van der Waals surface area contributed by atoms with Crippen molar-refractivity contribution in [1.82, 2.24) is 14.8 Å². The van der Waals surface area contributed by atoms with Gasteiger partial charge in [0.05, 0.1) is 16.7 Å². The number of hydrogen-bond acceptors (Lipinski definition) is 4. The fraction of sp³-hybridized carbons (Fsp3) is 0.464. The molecule has 4 heterocycles. The van der Waals surface area contributed by atoms with E-state index < -0.39 is 5.97 Å². The molecule has 1 aromatic carbocycles. The highest BCUT2D eigenvalue weighted by Crippen LogP contribution is 2.36. The Balaban J connectivity index is 1.34. The number of nitrogens with zero attached hydrogens (tertiary/aromatic N) is 2. The number of aromatic amines is 1. The van der Waals surface area contributed by atoms with Crippen molar-refractivity contribution in [2.24, 2.45) is 11.8 Å². The maximum Gasteiger partial charge on any atom is 0.335 e. The van der Waals surface area contributed by atoms with Gasteiger partial charge in [-0.2, -0.15) is 0 Å². The van der Waals surface area contributed by atoms with Crippen molar-refractivity contribution in [3.05, 3.63) is 51.8 Å². The number of carboxylic acids is 1. The lowest BCUT2D eigenvalue weighted by Crippen LogP contribution is -2.42. The van der Waals surface area contributed by atoms with Gasteiger partial charge in [-0.25, -0.2) is 4.79 Å². The molecule has 3 aliphatic heterocycles. The zero-order valence-electron chi connectivity index (χ0n) is 21.2. The minimum absolute atomic E-state index is 0.0390. The quantitative estimate of drug-likeness (QED) is 0.562. The van der Waals surface area contributed by atoms with Crippen molar-refractivity contribution in [1.29, 1.82) is 0 Å². The number of benzene rings is 1. The van der Waals surface area contributed by atoms with E-state index in [9.17, 15) is 19.5 Å². The number of aromatic nitrogens is 1. The Kier molecular flexibility index (Phi) is 6.47. The van der Waals surface area contributed by atoms with E-state index in [1.165, 1.54) is 38.1 Å². The van der Waals surface area contributed by atoms with Crippen molar-refractivity contribution >= 4 is 35.1 Å². The lowest BCUT2D eigenvalue weighted by molar-refractivity contribution is -0.110. The molecule has 0 saturated carbocycles. The third kappa shape index (κ3) is 4.46. The predicted octanol–water partition coefficient (Wildman–Crippen LogP) is 4.02. The van der Waals surface area contributed by atoms with Crippen molar-refractivity contribution in [3.8, 4) is 0 Å². The summed E-state index contributed by atoms with van der Waals surface area (Å²) in [7, 11) is 2.19. The molecule has 2 fully saturated rings. The monoisotopic (exact) mass is 490 g/mol. The maximum atomic E-state index is 13.5. The summed E-state index contributed by atoms with van der Waals surface area (Å²) < 4.78 is 0. The van der Waals surface area contributed by atoms with Crippen LogP contribution in [0.15, 0.2) is 18.2 Å². The first kappa shape index (κ1) is 24.3. The number of fused-ring (bicyclic) bond motifs is 1. The summed E-state index contributed by atoms with van der Waals surface area (Å²) in [6, 6.07) is 4.59. The molecule has 0 spiro atoms. The highest BCUT2D eigenvalue weighted by atomic mass is 16.4. The van der Waals surface area contributed by atoms with E-state index in [-0.39, 0.29) is 17.4 Å². The van der Waals surface area contributed by atoms with Crippen LogP contribution in [0.2, 0.25) is 0 Å². The molecule has 2 aromatic rings. The summed E-state index contributed by atoms with van der Waals surface area (Å²) in [6.07, 6.45) is 6.35. The first-order chi connectivity index (χ1) is 17.2. The van der Waals surface area contributed by atoms with Crippen LogP contribution in [0.1, 0.15) is 68.9 Å². The summed E-state index contributed by atoms with van der Waals surface area (Å²) in [5, 5.41) is 12.1. The van der Waals surface area contributed by atoms with E-state index in [1.807, 2.05) is 18.7 Å². The topological polar surface area (TPSA) is 106 Å². The number of likely N-dealkylation sites (tertiary alicyclic amines) is 2. The molecule has 0 radical (unpaired) electrons. The molecule has 36 heavy (non-hydrogen) atoms. The SMILES string of the molecule is Cc1[nH]c(/C=C2\C(=O)Nc3ccc(C(=O)O)cc32)c(C)c1C(=O)N1CCC(C2CCN(C)CC2)CC1. The average Bonchev–Trinajstić information content (AvgIpc) is 3.33. The van der Waals surface area contributed by atoms with Gasteiger partial charge in [0.1, 0.15) is 0 Å². The fourth-order valence-corrected chi connectivity index (χ4v) is 6.08. The molecular formula is C28H34N4O4. The standard InChI is InChI=1S/C28H34N4O4/c1-16-24(15-22-21-14-20(28(35)36)4-5-23(21)30-26(22)33)29-17(2)25(16)27(34)32-12-8-19(9-13-32)18-6-10-31(3)11-7-18/h4-5,14-15,18-19,29H,6-13H2,1-3H3,(H,30,33)(H,35,36)/b22-15-. The van der Waals surface area contributed by atoms with E-state index in [2.05, 4.69) is 22.2 Å². The lowest BCUT2D eigenvalue weighted by Gasteiger charge is -2.39. The molecule has 0 atom stereocenters. The van der Waals surface area contributed by atoms with Crippen molar-refractivity contribution in [2.45, 2.75) is 39.5 Å². The zero-order valence-corrected chi connectivity index (χ0v) is 21.2. The molecule has 0 bridgehead atoms. The zero-order chi connectivity index (χ0) is 25.6. The van der Waals surface area contributed by atoms with E-state index >= 15 is 0 Å². The van der Waals surface area contributed by atoms with Crippen LogP contribution in [-0.2, 0) is 4.79 Å². The summed E-state index contributed by atoms with van der Waals surface area (Å²) in [5.41, 5.74) is 4.58. The Morgan fingerprint density at radius 3 is 2.31 bits per heavy atom. The van der Waals surface area contributed by atoms with Gasteiger partial charge in [-0.05, 0) is 101 Å². The second kappa shape index (κ2) is 9.58. The number of hydrogen-bond donors (Lipinski definition) is 3. The largest absolute Gasteiger partial charge is 0.478 e. The van der Waals surface area contributed by atoms with Gasteiger partial charge in [0, 0.05) is 35.7 Å². The Morgan fingerprint density at radius 2 is 1.67 bits per heavy atom. The van der Waals surface area contributed by atoms with Crippen LogP contribution in [-0.4, -0.2) is 70.9 Å². The number of rotatable bonds is 4. The van der Waals surface area contributed by atoms with Crippen LogP contribution >= 0.6 is 0 Å². The number of aryl methyl sites for hydroxylation is 1. The molecule has 8 heteroatoms. The molecule has 0 aliphatic carbocycles. The molecule has 2 saturated heterocycles. The van der Waals surface area contributed by atoms with Gasteiger partial charge in [0.15, 0.2) is 0 Å². The van der Waals surface area contributed by atoms with Crippen LogP contribution in [0.4, 0.5) is 5.69 Å². The number of nitrogens with one attached hydrogen (secondary N) is 2. The number of carbonyl (C=O) groups excluding carboxylic acids is 2. The lowest BCUT2D eigenvalue weighted by atomic mass is 9.79. The average molecular weight is 491 g/mol. The van der Waals surface area contributed by atoms with E-state index in [0.717, 1.165) is 43.1 Å². The van der Waals surface area contributed by atoms with Crippen molar-refractivity contribution in [2.75, 3.05) is 38.5 Å². The van der Waals surface area contributed by atoms with Crippen LogP contribution in [0.5, 0.6) is 0 Å². The molecule has 190 valence electrons. The van der Waals surface area contributed by atoms with Gasteiger partial charge in [0.25, 0.3) is 11.8 Å². The fourth-order valence-electron chi connectivity index (χ4n) is 6.08. The van der Waals surface area contributed by atoms with E-state index in [0.29, 0.717) is 34.0 Å². The Hall–Kier alpha value is -3.39. The van der Waals surface area contributed by atoms with Crippen LogP contribution in [0.3, 0.4) is 0 Å². The summed E-state index contributed by atoms with van der Waals surface area (Å²) in [5.74, 6) is 0.179.